The van der Waals surface area contributed by atoms with E-state index in [0.717, 1.165) is 16.2 Å². The van der Waals surface area contributed by atoms with E-state index >= 15 is 0 Å². The van der Waals surface area contributed by atoms with Gasteiger partial charge in [-0.05, 0) is 42.7 Å². The lowest BCUT2D eigenvalue weighted by atomic mass is 10.1. The first-order chi connectivity index (χ1) is 10.7. The van der Waals surface area contributed by atoms with Gasteiger partial charge in [-0.1, -0.05) is 35.9 Å². The normalized spacial score (nSPS) is 10.7. The van der Waals surface area contributed by atoms with E-state index in [9.17, 15) is 4.39 Å². The molecule has 0 unspecified atom stereocenters. The number of nitrogens with zero attached hydrogens (tertiary/aromatic N) is 1. The van der Waals surface area contributed by atoms with Crippen molar-refractivity contribution in [1.82, 2.24) is 4.98 Å². The number of hydrogen-bond acceptors (Lipinski definition) is 2. The standard InChI is InChI=1S/C18H13ClFNS/c1-22-14-10-17(12-6-8-13(19)9-7-12)21-18(11-14)15-4-2-3-5-16(15)20/h2-11H,1H3. The molecule has 110 valence electrons. The number of aromatic nitrogens is 1. The lowest BCUT2D eigenvalue weighted by molar-refractivity contribution is 0.630. The van der Waals surface area contributed by atoms with Gasteiger partial charge in [-0.25, -0.2) is 9.37 Å². The molecule has 3 aromatic rings. The lowest BCUT2D eigenvalue weighted by Gasteiger charge is -2.09. The second-order valence-electron chi connectivity index (χ2n) is 4.76. The zero-order valence-electron chi connectivity index (χ0n) is 11.9. The molecule has 0 aliphatic carbocycles. The van der Waals surface area contributed by atoms with Crippen LogP contribution in [0, 0.1) is 5.82 Å². The Morgan fingerprint density at radius 3 is 2.32 bits per heavy atom. The maximum atomic E-state index is 14.0. The summed E-state index contributed by atoms with van der Waals surface area (Å²) in [4.78, 5) is 5.66. The van der Waals surface area contributed by atoms with Crippen LogP contribution in [0.3, 0.4) is 0 Å². The second kappa shape index (κ2) is 6.51. The van der Waals surface area contributed by atoms with E-state index in [1.165, 1.54) is 6.07 Å². The molecule has 22 heavy (non-hydrogen) atoms. The van der Waals surface area contributed by atoms with E-state index in [2.05, 4.69) is 4.98 Å². The molecule has 0 saturated heterocycles. The van der Waals surface area contributed by atoms with Crippen molar-refractivity contribution in [3.63, 3.8) is 0 Å². The van der Waals surface area contributed by atoms with Crippen molar-refractivity contribution in [2.45, 2.75) is 4.90 Å². The Labute approximate surface area is 138 Å². The van der Waals surface area contributed by atoms with E-state index in [4.69, 9.17) is 11.6 Å². The Bertz CT molecular complexity index is 802. The van der Waals surface area contributed by atoms with Gasteiger partial charge in [0.1, 0.15) is 5.82 Å². The topological polar surface area (TPSA) is 12.9 Å². The van der Waals surface area contributed by atoms with E-state index in [-0.39, 0.29) is 5.82 Å². The molecule has 1 aromatic heterocycles. The van der Waals surface area contributed by atoms with Crippen LogP contribution in [0.25, 0.3) is 22.5 Å². The van der Waals surface area contributed by atoms with Crippen molar-refractivity contribution in [1.29, 1.82) is 0 Å². The van der Waals surface area contributed by atoms with E-state index < -0.39 is 0 Å². The van der Waals surface area contributed by atoms with E-state index in [1.807, 2.05) is 48.7 Å². The quantitative estimate of drug-likeness (QED) is 0.552. The van der Waals surface area contributed by atoms with Gasteiger partial charge in [-0.3, -0.25) is 0 Å². The molecule has 3 rings (SSSR count). The van der Waals surface area contributed by atoms with Gasteiger partial charge >= 0.3 is 0 Å². The van der Waals surface area contributed by atoms with Crippen LogP contribution in [-0.2, 0) is 0 Å². The lowest BCUT2D eigenvalue weighted by Crippen LogP contribution is -1.92. The number of hydrogen-bond donors (Lipinski definition) is 0. The Kier molecular flexibility index (Phi) is 4.46. The predicted molar refractivity (Wildman–Crippen MR) is 91.9 cm³/mol. The van der Waals surface area contributed by atoms with Gasteiger partial charge in [-0.15, -0.1) is 11.8 Å². The summed E-state index contributed by atoms with van der Waals surface area (Å²) in [6.07, 6.45) is 1.99. The van der Waals surface area contributed by atoms with Crippen LogP contribution in [-0.4, -0.2) is 11.2 Å². The summed E-state index contributed by atoms with van der Waals surface area (Å²) in [5, 5.41) is 0.680. The fraction of sp³-hybridized carbons (Fsp3) is 0.0556. The van der Waals surface area contributed by atoms with Gasteiger partial charge in [0.05, 0.1) is 11.4 Å². The predicted octanol–water partition coefficient (Wildman–Crippen LogP) is 5.93. The summed E-state index contributed by atoms with van der Waals surface area (Å²) in [5.41, 5.74) is 2.91. The highest BCUT2D eigenvalue weighted by molar-refractivity contribution is 7.98. The molecule has 0 fully saturated rings. The van der Waals surface area contributed by atoms with Crippen molar-refractivity contribution >= 4 is 23.4 Å². The first kappa shape index (κ1) is 15.1. The number of thioether (sulfide) groups is 1. The highest BCUT2D eigenvalue weighted by atomic mass is 35.5. The second-order valence-corrected chi connectivity index (χ2v) is 6.08. The van der Waals surface area contributed by atoms with Crippen LogP contribution < -0.4 is 0 Å². The van der Waals surface area contributed by atoms with E-state index in [0.29, 0.717) is 16.3 Å². The first-order valence-electron chi connectivity index (χ1n) is 6.74. The Balaban J connectivity index is 2.15. The van der Waals surface area contributed by atoms with Crippen LogP contribution in [0.1, 0.15) is 0 Å². The maximum absolute atomic E-state index is 14.0. The molecule has 0 atom stereocenters. The molecule has 4 heteroatoms. The average molecular weight is 330 g/mol. The van der Waals surface area contributed by atoms with Crippen LogP contribution in [0.15, 0.2) is 65.6 Å². The van der Waals surface area contributed by atoms with Crippen LogP contribution in [0.2, 0.25) is 5.02 Å². The minimum Gasteiger partial charge on any atom is -0.248 e. The van der Waals surface area contributed by atoms with Crippen molar-refractivity contribution in [3.8, 4) is 22.5 Å². The molecule has 0 radical (unpaired) electrons. The summed E-state index contributed by atoms with van der Waals surface area (Å²) in [6, 6.07) is 18.1. The maximum Gasteiger partial charge on any atom is 0.132 e. The van der Waals surface area contributed by atoms with Crippen molar-refractivity contribution in [2.75, 3.05) is 6.26 Å². The third-order valence-corrected chi connectivity index (χ3v) is 4.28. The molecule has 0 aliphatic rings. The summed E-state index contributed by atoms with van der Waals surface area (Å²) < 4.78 is 14.0. The average Bonchev–Trinajstić information content (AvgIpc) is 2.55. The molecule has 0 N–H and O–H groups in total. The number of rotatable bonds is 3. The summed E-state index contributed by atoms with van der Waals surface area (Å²) in [5.74, 6) is -0.268. The van der Waals surface area contributed by atoms with Crippen LogP contribution >= 0.6 is 23.4 Å². The van der Waals surface area contributed by atoms with Gasteiger partial charge in [0, 0.05) is 21.0 Å². The molecule has 1 heterocycles. The van der Waals surface area contributed by atoms with Crippen molar-refractivity contribution in [3.05, 3.63) is 71.5 Å². The minimum atomic E-state index is -0.268. The Morgan fingerprint density at radius 2 is 1.64 bits per heavy atom. The molecule has 0 aliphatic heterocycles. The zero-order valence-corrected chi connectivity index (χ0v) is 13.5. The Morgan fingerprint density at radius 1 is 0.955 bits per heavy atom. The SMILES string of the molecule is CSc1cc(-c2ccc(Cl)cc2)nc(-c2ccccc2F)c1. The Hall–Kier alpha value is -1.84. The summed E-state index contributed by atoms with van der Waals surface area (Å²) in [6.45, 7) is 0. The molecular weight excluding hydrogens is 317 g/mol. The molecule has 2 aromatic carbocycles. The molecule has 0 amide bonds. The van der Waals surface area contributed by atoms with Crippen LogP contribution in [0.5, 0.6) is 0 Å². The smallest absolute Gasteiger partial charge is 0.132 e. The monoisotopic (exact) mass is 329 g/mol. The molecule has 1 nitrogen and oxygen atoms in total. The van der Waals surface area contributed by atoms with Gasteiger partial charge in [0.25, 0.3) is 0 Å². The summed E-state index contributed by atoms with van der Waals surface area (Å²) in [7, 11) is 0. The first-order valence-corrected chi connectivity index (χ1v) is 8.34. The van der Waals surface area contributed by atoms with Gasteiger partial charge in [0.2, 0.25) is 0 Å². The van der Waals surface area contributed by atoms with Crippen molar-refractivity contribution in [2.24, 2.45) is 0 Å². The fourth-order valence-corrected chi connectivity index (χ4v) is 2.78. The largest absolute Gasteiger partial charge is 0.248 e. The van der Waals surface area contributed by atoms with Gasteiger partial charge in [-0.2, -0.15) is 0 Å². The molecule has 0 bridgehead atoms. The highest BCUT2D eigenvalue weighted by Crippen LogP contribution is 2.30. The molecule has 0 saturated carbocycles. The van der Waals surface area contributed by atoms with E-state index in [1.54, 1.807) is 23.9 Å². The number of benzene rings is 2. The van der Waals surface area contributed by atoms with Crippen LogP contribution in [0.4, 0.5) is 4.39 Å². The van der Waals surface area contributed by atoms with Gasteiger partial charge in [0.15, 0.2) is 0 Å². The third kappa shape index (κ3) is 3.16. The molecular formula is C18H13ClFNS. The summed E-state index contributed by atoms with van der Waals surface area (Å²) >= 11 is 7.54. The minimum absolute atomic E-state index is 0.268. The zero-order chi connectivity index (χ0) is 15.5. The van der Waals surface area contributed by atoms with Crippen molar-refractivity contribution < 1.29 is 4.39 Å². The van der Waals surface area contributed by atoms with Gasteiger partial charge < -0.3 is 0 Å². The molecule has 0 spiro atoms. The number of pyridine rings is 1. The number of halogens is 2. The third-order valence-electron chi connectivity index (χ3n) is 3.32. The fourth-order valence-electron chi connectivity index (χ4n) is 2.20. The highest BCUT2D eigenvalue weighted by Gasteiger charge is 2.10.